The van der Waals surface area contributed by atoms with Crippen LogP contribution < -0.4 is 4.90 Å². The summed E-state index contributed by atoms with van der Waals surface area (Å²) in [4.78, 5) is 14.9. The lowest BCUT2D eigenvalue weighted by Crippen LogP contribution is -2.45. The number of nitrogens with zero attached hydrogens (tertiary/aromatic N) is 3. The van der Waals surface area contributed by atoms with Crippen molar-refractivity contribution in [2.24, 2.45) is 0 Å². The standard InChI is InChI=1S/C17H19BrFN3O/c1-10-4-5-13-8-14(19)6-7-16(13)21(10)17(23)12(3)22-11(2)15(18)9-20-22/h6-10,12H,4-5H2,1-3H3/t10-,12-/m1/s1. The van der Waals surface area contributed by atoms with E-state index in [9.17, 15) is 9.18 Å². The van der Waals surface area contributed by atoms with E-state index in [0.717, 1.165) is 34.3 Å². The van der Waals surface area contributed by atoms with Gasteiger partial charge < -0.3 is 4.90 Å². The Bertz CT molecular complexity index is 758. The van der Waals surface area contributed by atoms with E-state index in [4.69, 9.17) is 0 Å². The highest BCUT2D eigenvalue weighted by molar-refractivity contribution is 9.10. The summed E-state index contributed by atoms with van der Waals surface area (Å²) in [6.45, 7) is 5.80. The van der Waals surface area contributed by atoms with Gasteiger partial charge >= 0.3 is 0 Å². The molecule has 2 atom stereocenters. The van der Waals surface area contributed by atoms with E-state index >= 15 is 0 Å². The molecule has 0 N–H and O–H groups in total. The van der Waals surface area contributed by atoms with Crippen molar-refractivity contribution < 1.29 is 9.18 Å². The second kappa shape index (κ2) is 6.07. The van der Waals surface area contributed by atoms with Crippen molar-refractivity contribution in [1.29, 1.82) is 0 Å². The maximum absolute atomic E-state index is 13.5. The van der Waals surface area contributed by atoms with E-state index in [1.54, 1.807) is 21.8 Å². The number of aromatic nitrogens is 2. The molecular weight excluding hydrogens is 361 g/mol. The van der Waals surface area contributed by atoms with Gasteiger partial charge in [0, 0.05) is 11.7 Å². The molecule has 0 aliphatic carbocycles. The first-order valence-corrected chi connectivity index (χ1v) is 8.50. The maximum Gasteiger partial charge on any atom is 0.251 e. The van der Waals surface area contributed by atoms with Gasteiger partial charge in [-0.15, -0.1) is 0 Å². The number of amides is 1. The number of aryl methyl sites for hydroxylation is 1. The summed E-state index contributed by atoms with van der Waals surface area (Å²) in [7, 11) is 0. The Morgan fingerprint density at radius 2 is 2.22 bits per heavy atom. The van der Waals surface area contributed by atoms with Crippen molar-refractivity contribution in [2.75, 3.05) is 4.90 Å². The Morgan fingerprint density at radius 1 is 1.48 bits per heavy atom. The molecule has 6 heteroatoms. The summed E-state index contributed by atoms with van der Waals surface area (Å²) in [6, 6.07) is 4.32. The van der Waals surface area contributed by atoms with Crippen LogP contribution in [0.3, 0.4) is 0 Å². The zero-order valence-electron chi connectivity index (χ0n) is 13.4. The Balaban J connectivity index is 1.97. The minimum absolute atomic E-state index is 0.0243. The number of hydrogen-bond acceptors (Lipinski definition) is 2. The molecule has 1 aromatic heterocycles. The summed E-state index contributed by atoms with van der Waals surface area (Å²) in [5.41, 5.74) is 2.61. The van der Waals surface area contributed by atoms with Gasteiger partial charge in [-0.3, -0.25) is 9.48 Å². The molecule has 0 spiro atoms. The molecule has 0 radical (unpaired) electrons. The van der Waals surface area contributed by atoms with Gasteiger partial charge in [-0.2, -0.15) is 5.10 Å². The molecule has 1 aliphatic heterocycles. The van der Waals surface area contributed by atoms with Gasteiger partial charge in [0.25, 0.3) is 5.91 Å². The lowest BCUT2D eigenvalue weighted by atomic mass is 9.95. The zero-order chi connectivity index (χ0) is 16.7. The molecule has 1 amide bonds. The fourth-order valence-electron chi connectivity index (χ4n) is 3.15. The topological polar surface area (TPSA) is 38.1 Å². The van der Waals surface area contributed by atoms with Crippen LogP contribution in [0.5, 0.6) is 0 Å². The number of benzene rings is 1. The minimum atomic E-state index is -0.417. The van der Waals surface area contributed by atoms with Gasteiger partial charge in [0.15, 0.2) is 0 Å². The highest BCUT2D eigenvalue weighted by Gasteiger charge is 2.32. The Morgan fingerprint density at radius 3 is 2.87 bits per heavy atom. The van der Waals surface area contributed by atoms with Crippen molar-refractivity contribution in [3.8, 4) is 0 Å². The number of anilines is 1. The molecule has 4 nitrogen and oxygen atoms in total. The second-order valence-corrected chi connectivity index (χ2v) is 6.92. The molecule has 23 heavy (non-hydrogen) atoms. The summed E-state index contributed by atoms with van der Waals surface area (Å²) < 4.78 is 16.1. The van der Waals surface area contributed by atoms with Crippen LogP contribution in [0.1, 0.15) is 37.6 Å². The zero-order valence-corrected chi connectivity index (χ0v) is 15.0. The minimum Gasteiger partial charge on any atom is -0.308 e. The van der Waals surface area contributed by atoms with Crippen LogP contribution in [0.4, 0.5) is 10.1 Å². The van der Waals surface area contributed by atoms with Crippen molar-refractivity contribution in [3.05, 3.63) is 45.9 Å². The highest BCUT2D eigenvalue weighted by atomic mass is 79.9. The molecule has 2 heterocycles. The average molecular weight is 380 g/mol. The second-order valence-electron chi connectivity index (χ2n) is 6.07. The van der Waals surface area contributed by atoms with Gasteiger partial charge in [-0.05, 0) is 73.3 Å². The lowest BCUT2D eigenvalue weighted by molar-refractivity contribution is -0.122. The molecule has 1 aromatic carbocycles. The fraction of sp³-hybridized carbons (Fsp3) is 0.412. The Hall–Kier alpha value is -1.69. The smallest absolute Gasteiger partial charge is 0.251 e. The van der Waals surface area contributed by atoms with Crippen molar-refractivity contribution in [3.63, 3.8) is 0 Å². The molecule has 0 saturated carbocycles. The number of carbonyl (C=O) groups is 1. The highest BCUT2D eigenvalue weighted by Crippen LogP contribution is 2.33. The molecule has 2 aromatic rings. The van der Waals surface area contributed by atoms with E-state index in [0.29, 0.717) is 0 Å². The Labute approximate surface area is 143 Å². The van der Waals surface area contributed by atoms with Crippen LogP contribution in [0, 0.1) is 12.7 Å². The predicted octanol–water partition coefficient (Wildman–Crippen LogP) is 4.02. The van der Waals surface area contributed by atoms with Gasteiger partial charge in [-0.25, -0.2) is 4.39 Å². The first-order chi connectivity index (χ1) is 10.9. The summed E-state index contributed by atoms with van der Waals surface area (Å²) in [6.07, 6.45) is 3.32. The number of carbonyl (C=O) groups excluding carboxylic acids is 1. The molecule has 0 unspecified atom stereocenters. The lowest BCUT2D eigenvalue weighted by Gasteiger charge is -2.37. The van der Waals surface area contributed by atoms with Crippen molar-refractivity contribution in [2.45, 2.75) is 45.7 Å². The van der Waals surface area contributed by atoms with Gasteiger partial charge in [0.1, 0.15) is 11.9 Å². The summed E-state index contributed by atoms with van der Waals surface area (Å²) in [5, 5.41) is 4.29. The van der Waals surface area contributed by atoms with Crippen molar-refractivity contribution >= 4 is 27.5 Å². The first kappa shape index (κ1) is 16.2. The van der Waals surface area contributed by atoms with Crippen LogP contribution in [0.25, 0.3) is 0 Å². The quantitative estimate of drug-likeness (QED) is 0.789. The van der Waals surface area contributed by atoms with E-state index in [2.05, 4.69) is 21.0 Å². The molecule has 3 rings (SSSR count). The first-order valence-electron chi connectivity index (χ1n) is 7.71. The van der Waals surface area contributed by atoms with E-state index in [1.807, 2.05) is 20.8 Å². The number of halogens is 2. The molecule has 1 aliphatic rings. The van der Waals surface area contributed by atoms with Crippen LogP contribution in [-0.4, -0.2) is 21.7 Å². The van der Waals surface area contributed by atoms with Crippen LogP contribution >= 0.6 is 15.9 Å². The van der Waals surface area contributed by atoms with Crippen molar-refractivity contribution in [1.82, 2.24) is 9.78 Å². The normalized spacial score (nSPS) is 18.7. The number of fused-ring (bicyclic) bond motifs is 1. The summed E-state index contributed by atoms with van der Waals surface area (Å²) >= 11 is 3.43. The molecule has 0 bridgehead atoms. The van der Waals surface area contributed by atoms with Crippen LogP contribution in [0.2, 0.25) is 0 Å². The maximum atomic E-state index is 13.5. The van der Waals surface area contributed by atoms with Gasteiger partial charge in [-0.1, -0.05) is 0 Å². The predicted molar refractivity (Wildman–Crippen MR) is 91.0 cm³/mol. The van der Waals surface area contributed by atoms with Gasteiger partial charge in [0.2, 0.25) is 0 Å². The number of hydrogen-bond donors (Lipinski definition) is 0. The summed E-state index contributed by atoms with van der Waals surface area (Å²) in [5.74, 6) is -0.283. The van der Waals surface area contributed by atoms with Crippen LogP contribution in [0.15, 0.2) is 28.9 Å². The third-order valence-corrected chi connectivity index (χ3v) is 5.30. The number of rotatable bonds is 2. The molecule has 0 saturated heterocycles. The SMILES string of the molecule is Cc1c(Br)cnn1[C@H](C)C(=O)N1c2ccc(F)cc2CC[C@H]1C. The molecule has 0 fully saturated rings. The average Bonchev–Trinajstić information content (AvgIpc) is 2.86. The van der Waals surface area contributed by atoms with Gasteiger partial charge in [0.05, 0.1) is 16.4 Å². The van der Waals surface area contributed by atoms with E-state index in [1.165, 1.54) is 12.1 Å². The Kier molecular flexibility index (Phi) is 4.27. The molecule has 122 valence electrons. The largest absolute Gasteiger partial charge is 0.308 e. The monoisotopic (exact) mass is 379 g/mol. The van der Waals surface area contributed by atoms with E-state index < -0.39 is 6.04 Å². The third kappa shape index (κ3) is 2.80. The van der Waals surface area contributed by atoms with Crippen LogP contribution in [-0.2, 0) is 11.2 Å². The molecular formula is C17H19BrFN3O. The third-order valence-electron chi connectivity index (χ3n) is 4.52. The fourth-order valence-corrected chi connectivity index (χ4v) is 3.43. The van der Waals surface area contributed by atoms with E-state index in [-0.39, 0.29) is 17.8 Å².